The number of para-hydroxylation sites is 1. The summed E-state index contributed by atoms with van der Waals surface area (Å²) in [5, 5.41) is 7.64. The molecule has 2 aromatic rings. The number of hydrogen-bond acceptors (Lipinski definition) is 3. The first-order valence-electron chi connectivity index (χ1n) is 9.59. The van der Waals surface area contributed by atoms with Gasteiger partial charge in [0.05, 0.1) is 0 Å². The Bertz CT molecular complexity index is 811. The zero-order valence-corrected chi connectivity index (χ0v) is 15.8. The van der Waals surface area contributed by atoms with E-state index in [2.05, 4.69) is 32.7 Å². The molecule has 7 nitrogen and oxygen atoms in total. The van der Waals surface area contributed by atoms with E-state index >= 15 is 0 Å². The van der Waals surface area contributed by atoms with E-state index in [1.54, 1.807) is 0 Å². The lowest BCUT2D eigenvalue weighted by Gasteiger charge is -2.25. The molecule has 0 radical (unpaired) electrons. The third-order valence-electron chi connectivity index (χ3n) is 4.68. The number of H-pyrrole nitrogens is 1. The van der Waals surface area contributed by atoms with Gasteiger partial charge in [0.1, 0.15) is 0 Å². The number of aromatic nitrogens is 1. The molecule has 27 heavy (non-hydrogen) atoms. The smallest absolute Gasteiger partial charge is 0.229 e. The molecule has 1 aromatic heterocycles. The van der Waals surface area contributed by atoms with Gasteiger partial charge >= 0.3 is 0 Å². The van der Waals surface area contributed by atoms with E-state index in [-0.39, 0.29) is 11.8 Å². The quantitative estimate of drug-likeness (QED) is 0.394. The van der Waals surface area contributed by atoms with E-state index in [0.717, 1.165) is 18.5 Å². The van der Waals surface area contributed by atoms with Crippen molar-refractivity contribution in [2.75, 3.05) is 26.2 Å². The number of nitrogens with zero attached hydrogens (tertiary/aromatic N) is 2. The number of guanidine groups is 1. The molecule has 3 rings (SSSR count). The summed E-state index contributed by atoms with van der Waals surface area (Å²) < 4.78 is 0. The molecule has 2 heterocycles. The molecule has 0 spiro atoms. The standard InChI is InChI=1S/C20H27N5O2/c1-2-21-20(23-12-13-25-18(26)8-5-9-19(25)27)22-11-10-15-14-24-17-7-4-3-6-16(15)17/h3-4,6-7,14,24H,2,5,8-13H2,1H3,(H2,21,22,23). The van der Waals surface area contributed by atoms with Gasteiger partial charge in [-0.3, -0.25) is 19.5 Å². The van der Waals surface area contributed by atoms with Crippen molar-refractivity contribution >= 4 is 28.7 Å². The zero-order valence-electron chi connectivity index (χ0n) is 15.8. The first-order valence-corrected chi connectivity index (χ1v) is 9.59. The van der Waals surface area contributed by atoms with Crippen LogP contribution in [0.25, 0.3) is 10.9 Å². The molecule has 1 aromatic carbocycles. The Morgan fingerprint density at radius 1 is 1.19 bits per heavy atom. The molecule has 0 unspecified atom stereocenters. The second-order valence-corrected chi connectivity index (χ2v) is 6.59. The molecule has 1 saturated heterocycles. The van der Waals surface area contributed by atoms with Gasteiger partial charge < -0.3 is 15.6 Å². The predicted molar refractivity (Wildman–Crippen MR) is 107 cm³/mol. The summed E-state index contributed by atoms with van der Waals surface area (Å²) >= 11 is 0. The number of rotatable bonds is 7. The molecule has 0 bridgehead atoms. The molecule has 3 N–H and O–H groups in total. The average molecular weight is 369 g/mol. The number of likely N-dealkylation sites (tertiary alicyclic amines) is 1. The summed E-state index contributed by atoms with van der Waals surface area (Å²) in [4.78, 5) is 32.9. The van der Waals surface area contributed by atoms with Crippen LogP contribution in [0.1, 0.15) is 31.7 Å². The zero-order chi connectivity index (χ0) is 19.1. The maximum atomic E-state index is 11.8. The van der Waals surface area contributed by atoms with E-state index in [9.17, 15) is 9.59 Å². The van der Waals surface area contributed by atoms with Gasteiger partial charge in [-0.1, -0.05) is 18.2 Å². The van der Waals surface area contributed by atoms with E-state index in [1.165, 1.54) is 15.8 Å². The lowest BCUT2D eigenvalue weighted by Crippen LogP contribution is -2.46. The predicted octanol–water partition coefficient (Wildman–Crippen LogP) is 1.80. The molecule has 7 heteroatoms. The summed E-state index contributed by atoms with van der Waals surface area (Å²) in [7, 11) is 0. The van der Waals surface area contributed by atoms with Crippen LogP contribution >= 0.6 is 0 Å². The highest BCUT2D eigenvalue weighted by molar-refractivity contribution is 5.97. The van der Waals surface area contributed by atoms with E-state index in [0.29, 0.717) is 44.9 Å². The lowest BCUT2D eigenvalue weighted by atomic mass is 10.1. The van der Waals surface area contributed by atoms with Crippen molar-refractivity contribution in [2.24, 2.45) is 4.99 Å². The minimum atomic E-state index is -0.0747. The normalized spacial score (nSPS) is 15.4. The molecular formula is C20H27N5O2. The Hall–Kier alpha value is -2.83. The first-order chi connectivity index (χ1) is 13.2. The fourth-order valence-electron chi connectivity index (χ4n) is 3.30. The molecule has 0 aliphatic carbocycles. The number of hydrogen-bond donors (Lipinski definition) is 3. The van der Waals surface area contributed by atoms with Crippen molar-refractivity contribution in [3.63, 3.8) is 0 Å². The van der Waals surface area contributed by atoms with E-state index < -0.39 is 0 Å². The number of aliphatic imine (C=N–C) groups is 1. The number of carbonyl (C=O) groups excluding carboxylic acids is 2. The van der Waals surface area contributed by atoms with Gasteiger partial charge in [-0.25, -0.2) is 0 Å². The molecule has 0 atom stereocenters. The van der Waals surface area contributed by atoms with Gasteiger partial charge in [0.2, 0.25) is 11.8 Å². The topological polar surface area (TPSA) is 89.6 Å². The van der Waals surface area contributed by atoms with Crippen LogP contribution in [-0.2, 0) is 16.0 Å². The Balaban J connectivity index is 1.52. The maximum Gasteiger partial charge on any atom is 0.229 e. The summed E-state index contributed by atoms with van der Waals surface area (Å²) in [6, 6.07) is 8.24. The van der Waals surface area contributed by atoms with E-state index in [1.807, 2.05) is 25.3 Å². The van der Waals surface area contributed by atoms with Crippen molar-refractivity contribution in [3.05, 3.63) is 36.0 Å². The van der Waals surface area contributed by atoms with Crippen molar-refractivity contribution < 1.29 is 9.59 Å². The van der Waals surface area contributed by atoms with Gasteiger partial charge in [0.15, 0.2) is 5.96 Å². The Kier molecular flexibility index (Phi) is 6.46. The van der Waals surface area contributed by atoms with Gasteiger partial charge in [-0.05, 0) is 31.4 Å². The largest absolute Gasteiger partial charge is 0.361 e. The third kappa shape index (κ3) is 4.87. The summed E-state index contributed by atoms with van der Waals surface area (Å²) in [6.07, 6.45) is 4.46. The molecule has 0 saturated carbocycles. The number of amides is 2. The number of nitrogens with one attached hydrogen (secondary N) is 3. The molecule has 1 fully saturated rings. The average Bonchev–Trinajstić information content (AvgIpc) is 3.07. The highest BCUT2D eigenvalue weighted by atomic mass is 16.2. The molecule has 1 aliphatic rings. The SMILES string of the molecule is CCNC(=NCCc1c[nH]c2ccccc12)NCCN1C(=O)CCCC1=O. The van der Waals surface area contributed by atoms with E-state index in [4.69, 9.17) is 0 Å². The minimum Gasteiger partial charge on any atom is -0.361 e. The van der Waals surface area contributed by atoms with Gasteiger partial charge in [0.25, 0.3) is 0 Å². The summed E-state index contributed by atoms with van der Waals surface area (Å²) in [5.74, 6) is 0.554. The van der Waals surface area contributed by atoms with Crippen molar-refractivity contribution in [3.8, 4) is 0 Å². The van der Waals surface area contributed by atoms with Gasteiger partial charge in [0, 0.05) is 56.1 Å². The van der Waals surface area contributed by atoms with Crippen molar-refractivity contribution in [2.45, 2.75) is 32.6 Å². The van der Waals surface area contributed by atoms with Crippen LogP contribution in [0.4, 0.5) is 0 Å². The van der Waals surface area contributed by atoms with Gasteiger partial charge in [-0.2, -0.15) is 0 Å². The molecule has 1 aliphatic heterocycles. The Morgan fingerprint density at radius 3 is 2.74 bits per heavy atom. The minimum absolute atomic E-state index is 0.0747. The summed E-state index contributed by atoms with van der Waals surface area (Å²) in [5.41, 5.74) is 2.38. The van der Waals surface area contributed by atoms with Crippen molar-refractivity contribution in [1.29, 1.82) is 0 Å². The number of piperidine rings is 1. The highest BCUT2D eigenvalue weighted by Crippen LogP contribution is 2.18. The van der Waals surface area contributed by atoms with Crippen LogP contribution in [0.2, 0.25) is 0 Å². The van der Waals surface area contributed by atoms with Gasteiger partial charge in [-0.15, -0.1) is 0 Å². The van der Waals surface area contributed by atoms with Crippen LogP contribution in [-0.4, -0.2) is 53.8 Å². The second-order valence-electron chi connectivity index (χ2n) is 6.59. The monoisotopic (exact) mass is 369 g/mol. The maximum absolute atomic E-state index is 11.8. The number of aromatic amines is 1. The fraction of sp³-hybridized carbons (Fsp3) is 0.450. The number of benzene rings is 1. The van der Waals surface area contributed by atoms with Crippen LogP contribution in [0.5, 0.6) is 0 Å². The number of imide groups is 1. The second kappa shape index (κ2) is 9.21. The lowest BCUT2D eigenvalue weighted by molar-refractivity contribution is -0.147. The van der Waals surface area contributed by atoms with Crippen LogP contribution in [0.15, 0.2) is 35.5 Å². The van der Waals surface area contributed by atoms with Crippen LogP contribution in [0.3, 0.4) is 0 Å². The number of fused-ring (bicyclic) bond motifs is 1. The highest BCUT2D eigenvalue weighted by Gasteiger charge is 2.25. The van der Waals surface area contributed by atoms with Crippen molar-refractivity contribution in [1.82, 2.24) is 20.5 Å². The van der Waals surface area contributed by atoms with Crippen LogP contribution in [0, 0.1) is 0 Å². The number of carbonyl (C=O) groups is 2. The molecular weight excluding hydrogens is 342 g/mol. The molecule has 2 amide bonds. The molecule has 144 valence electrons. The van der Waals surface area contributed by atoms with Crippen LogP contribution < -0.4 is 10.6 Å². The Labute approximate surface area is 159 Å². The first kappa shape index (κ1) is 18.9. The summed E-state index contributed by atoms with van der Waals surface area (Å²) in [6.45, 7) is 4.29. The third-order valence-corrected chi connectivity index (χ3v) is 4.68. The fourth-order valence-corrected chi connectivity index (χ4v) is 3.30. The Morgan fingerprint density at radius 2 is 1.96 bits per heavy atom.